The molecule has 0 aliphatic rings. The molecule has 1 aromatic carbocycles. The molecule has 0 amide bonds. The van der Waals surface area contributed by atoms with Crippen molar-refractivity contribution in [3.63, 3.8) is 0 Å². The zero-order valence-electron chi connectivity index (χ0n) is 12.5. The van der Waals surface area contributed by atoms with E-state index in [2.05, 4.69) is 25.9 Å². The molecule has 2 heterocycles. The number of hydrogen-bond acceptors (Lipinski definition) is 3. The minimum Gasteiger partial charge on any atom is -0.457 e. The van der Waals surface area contributed by atoms with Crippen molar-refractivity contribution in [1.29, 1.82) is 0 Å². The third-order valence-electron chi connectivity index (χ3n) is 3.42. The van der Waals surface area contributed by atoms with E-state index in [0.29, 0.717) is 27.1 Å². The molecule has 0 fully saturated rings. The van der Waals surface area contributed by atoms with Crippen LogP contribution in [0.25, 0.3) is 23.5 Å². The average Bonchev–Trinajstić information content (AvgIpc) is 3.01. The number of aromatic nitrogens is 2. The van der Waals surface area contributed by atoms with Crippen molar-refractivity contribution < 1.29 is 4.42 Å². The van der Waals surface area contributed by atoms with E-state index >= 15 is 0 Å². The summed E-state index contributed by atoms with van der Waals surface area (Å²) in [5.41, 5.74) is 0.586. The average molecular weight is 424 g/mol. The zero-order valence-corrected chi connectivity index (χ0v) is 15.7. The standard InChI is InChI=1S/C17H12BrClN2O2S/c1-2-14-11(16(22)21-17(24)20-14)8-10-4-6-15(23-10)9-3-5-12(18)13(19)7-9/h2-8H,1H3,(H2,20,21,22,24). The first-order chi connectivity index (χ1) is 11.5. The van der Waals surface area contributed by atoms with Gasteiger partial charge in [0.25, 0.3) is 5.56 Å². The Morgan fingerprint density at radius 2 is 2.04 bits per heavy atom. The normalized spacial score (nSPS) is 12.8. The van der Waals surface area contributed by atoms with Gasteiger partial charge in [-0.3, -0.25) is 9.78 Å². The van der Waals surface area contributed by atoms with Crippen molar-refractivity contribution in [2.45, 2.75) is 6.92 Å². The number of H-pyrrole nitrogens is 2. The van der Waals surface area contributed by atoms with Gasteiger partial charge in [0.05, 0.1) is 10.2 Å². The second-order valence-corrected chi connectivity index (χ2v) is 6.67. The van der Waals surface area contributed by atoms with Gasteiger partial charge in [-0.15, -0.1) is 0 Å². The van der Waals surface area contributed by atoms with Crippen LogP contribution in [0.3, 0.4) is 0 Å². The molecule has 0 spiro atoms. The second-order valence-electron chi connectivity index (χ2n) is 5.00. The fourth-order valence-corrected chi connectivity index (χ4v) is 2.89. The molecule has 7 heteroatoms. The maximum absolute atomic E-state index is 12.1. The lowest BCUT2D eigenvalue weighted by molar-refractivity contribution is 0.571. The van der Waals surface area contributed by atoms with Gasteiger partial charge < -0.3 is 9.40 Å². The third kappa shape index (κ3) is 3.45. The van der Waals surface area contributed by atoms with Crippen molar-refractivity contribution in [3.8, 4) is 11.3 Å². The third-order valence-corrected chi connectivity index (χ3v) is 4.85. The largest absolute Gasteiger partial charge is 0.457 e. The summed E-state index contributed by atoms with van der Waals surface area (Å²) in [6.45, 7) is 1.83. The van der Waals surface area contributed by atoms with Crippen molar-refractivity contribution in [3.05, 3.63) is 71.3 Å². The molecule has 0 unspecified atom stereocenters. The van der Waals surface area contributed by atoms with E-state index in [9.17, 15) is 4.79 Å². The van der Waals surface area contributed by atoms with Crippen LogP contribution in [-0.4, -0.2) is 9.97 Å². The van der Waals surface area contributed by atoms with Crippen molar-refractivity contribution >= 4 is 51.9 Å². The number of hydrogen-bond donors (Lipinski definition) is 2. The predicted octanol–water partition coefficient (Wildman–Crippen LogP) is 3.74. The summed E-state index contributed by atoms with van der Waals surface area (Å²) in [7, 11) is 0. The molecule has 0 aliphatic heterocycles. The molecule has 2 N–H and O–H groups in total. The smallest absolute Gasteiger partial charge is 0.259 e. The molecule has 0 saturated carbocycles. The molecule has 3 rings (SSSR count). The van der Waals surface area contributed by atoms with Crippen LogP contribution >= 0.6 is 39.7 Å². The highest BCUT2D eigenvalue weighted by Crippen LogP contribution is 2.29. The van der Waals surface area contributed by atoms with Crippen LogP contribution in [0, 0.1) is 4.77 Å². The molecule has 0 saturated heterocycles. The Balaban J connectivity index is 2.11. The molecular weight excluding hydrogens is 412 g/mol. The number of halogens is 2. The summed E-state index contributed by atoms with van der Waals surface area (Å²) >= 11 is 14.5. The van der Waals surface area contributed by atoms with Gasteiger partial charge in [0.1, 0.15) is 11.5 Å². The SMILES string of the molecule is CC=c1[nH]c(=S)[nH]c(=O)c1=Cc1ccc(-c2ccc(Br)c(Cl)c2)o1. The summed E-state index contributed by atoms with van der Waals surface area (Å²) < 4.78 is 6.92. The van der Waals surface area contributed by atoms with Crippen LogP contribution in [-0.2, 0) is 0 Å². The fourth-order valence-electron chi connectivity index (χ4n) is 2.26. The van der Waals surface area contributed by atoms with Crippen LogP contribution in [0.15, 0.2) is 44.0 Å². The Bertz CT molecular complexity index is 1140. The van der Waals surface area contributed by atoms with Gasteiger partial charge in [-0.1, -0.05) is 23.7 Å². The number of rotatable bonds is 2. The topological polar surface area (TPSA) is 61.8 Å². The van der Waals surface area contributed by atoms with Gasteiger partial charge in [-0.2, -0.15) is 0 Å². The monoisotopic (exact) mass is 422 g/mol. The maximum Gasteiger partial charge on any atom is 0.259 e. The highest BCUT2D eigenvalue weighted by molar-refractivity contribution is 9.10. The van der Waals surface area contributed by atoms with Crippen molar-refractivity contribution in [2.24, 2.45) is 0 Å². The van der Waals surface area contributed by atoms with Gasteiger partial charge in [0.15, 0.2) is 4.77 Å². The first-order valence-corrected chi connectivity index (χ1v) is 8.62. The van der Waals surface area contributed by atoms with Gasteiger partial charge in [0, 0.05) is 15.4 Å². The minimum atomic E-state index is -0.267. The first kappa shape index (κ1) is 17.0. The molecule has 0 atom stereocenters. The Kier molecular flexibility index (Phi) is 4.89. The lowest BCUT2D eigenvalue weighted by Gasteiger charge is -1.99. The number of furan rings is 1. The van der Waals surface area contributed by atoms with E-state index in [1.807, 2.05) is 31.2 Å². The summed E-state index contributed by atoms with van der Waals surface area (Å²) in [5, 5.41) is 1.71. The van der Waals surface area contributed by atoms with Gasteiger partial charge >= 0.3 is 0 Å². The molecule has 4 nitrogen and oxygen atoms in total. The number of benzene rings is 1. The zero-order chi connectivity index (χ0) is 17.3. The van der Waals surface area contributed by atoms with Crippen molar-refractivity contribution in [2.75, 3.05) is 0 Å². The molecule has 0 aliphatic carbocycles. The first-order valence-electron chi connectivity index (χ1n) is 7.04. The van der Waals surface area contributed by atoms with E-state index in [-0.39, 0.29) is 10.3 Å². The van der Waals surface area contributed by atoms with Crippen molar-refractivity contribution in [1.82, 2.24) is 9.97 Å². The van der Waals surface area contributed by atoms with Crippen LogP contribution < -0.4 is 16.1 Å². The Hall–Kier alpha value is -1.89. The second kappa shape index (κ2) is 6.93. The van der Waals surface area contributed by atoms with E-state index < -0.39 is 0 Å². The van der Waals surface area contributed by atoms with E-state index in [4.69, 9.17) is 28.2 Å². The van der Waals surface area contributed by atoms with E-state index in [0.717, 1.165) is 10.0 Å². The van der Waals surface area contributed by atoms with Gasteiger partial charge in [-0.05, 0) is 65.4 Å². The highest BCUT2D eigenvalue weighted by Gasteiger charge is 2.06. The van der Waals surface area contributed by atoms with Crippen LogP contribution in [0.4, 0.5) is 0 Å². The highest BCUT2D eigenvalue weighted by atomic mass is 79.9. The molecular formula is C17H12BrClN2O2S. The molecule has 0 radical (unpaired) electrons. The molecule has 122 valence electrons. The summed E-state index contributed by atoms with van der Waals surface area (Å²) in [6.07, 6.45) is 3.46. The van der Waals surface area contributed by atoms with Gasteiger partial charge in [0.2, 0.25) is 0 Å². The Morgan fingerprint density at radius 3 is 2.75 bits per heavy atom. The summed E-state index contributed by atoms with van der Waals surface area (Å²) in [6, 6.07) is 9.20. The number of nitrogens with one attached hydrogen (secondary N) is 2. The quantitative estimate of drug-likeness (QED) is 0.617. The number of aromatic amines is 2. The van der Waals surface area contributed by atoms with Gasteiger partial charge in [-0.25, -0.2) is 0 Å². The lowest BCUT2D eigenvalue weighted by atomic mass is 10.2. The van der Waals surface area contributed by atoms with Crippen LogP contribution in [0.1, 0.15) is 12.7 Å². The molecule has 24 heavy (non-hydrogen) atoms. The van der Waals surface area contributed by atoms with Crippen LogP contribution in [0.5, 0.6) is 0 Å². The summed E-state index contributed by atoms with van der Waals surface area (Å²) in [5.74, 6) is 1.22. The molecule has 3 aromatic rings. The van der Waals surface area contributed by atoms with E-state index in [1.165, 1.54) is 0 Å². The fraction of sp³-hybridized carbons (Fsp3) is 0.0588. The predicted molar refractivity (Wildman–Crippen MR) is 102 cm³/mol. The maximum atomic E-state index is 12.1. The molecule has 0 bridgehead atoms. The van der Waals surface area contributed by atoms with E-state index in [1.54, 1.807) is 18.2 Å². The summed E-state index contributed by atoms with van der Waals surface area (Å²) in [4.78, 5) is 17.6. The Morgan fingerprint density at radius 1 is 1.25 bits per heavy atom. The Labute approximate surface area is 155 Å². The lowest BCUT2D eigenvalue weighted by Crippen LogP contribution is -2.42. The molecule has 2 aromatic heterocycles. The van der Waals surface area contributed by atoms with Crippen LogP contribution in [0.2, 0.25) is 5.02 Å². The minimum absolute atomic E-state index is 0.267.